The third kappa shape index (κ3) is 5.29. The molecule has 0 unspecified atom stereocenters. The number of unbranched alkanes of at least 4 members (excludes halogenated alkanes) is 1. The summed E-state index contributed by atoms with van der Waals surface area (Å²) in [6.45, 7) is 2.14. The number of nitrogens with one attached hydrogen (secondary N) is 2. The summed E-state index contributed by atoms with van der Waals surface area (Å²) in [6.07, 6.45) is 3.16. The number of ether oxygens (including phenoxy) is 1. The van der Waals surface area contributed by atoms with Crippen molar-refractivity contribution in [2.24, 2.45) is 7.05 Å². The monoisotopic (exact) mass is 493 g/mol. The first kappa shape index (κ1) is 24.7. The predicted octanol–water partition coefficient (Wildman–Crippen LogP) is 1.90. The molecule has 0 spiro atoms. The molecule has 1 atom stereocenters. The van der Waals surface area contributed by atoms with Gasteiger partial charge in [0.25, 0.3) is 11.5 Å². The second-order valence-electron chi connectivity index (χ2n) is 8.32. The van der Waals surface area contributed by atoms with Crippen molar-refractivity contribution < 1.29 is 18.7 Å². The van der Waals surface area contributed by atoms with Crippen LogP contribution in [0.1, 0.15) is 41.7 Å². The maximum Gasteiger partial charge on any atom is 0.330 e. The standard InChI is InChI=1S/C25H27N5O6/c1-3-4-12-30-21-20(23(32)28-25(30)34)29(2)19(27-21)15-36-24(33)17(14-16-9-6-5-7-10-16)26-22(31)18-11-8-13-35-18/h5-11,13,17H,3-4,12,14-15H2,1-2H3,(H,26,31)(H,28,32,34)/t17-/m0/s1. The van der Waals surface area contributed by atoms with E-state index in [0.29, 0.717) is 6.54 Å². The molecule has 0 aliphatic heterocycles. The summed E-state index contributed by atoms with van der Waals surface area (Å²) < 4.78 is 13.5. The van der Waals surface area contributed by atoms with Gasteiger partial charge < -0.3 is 19.0 Å². The van der Waals surface area contributed by atoms with Crippen LogP contribution in [-0.2, 0) is 36.2 Å². The van der Waals surface area contributed by atoms with Gasteiger partial charge in [0.2, 0.25) is 0 Å². The molecule has 0 aliphatic rings. The molecule has 0 aliphatic carbocycles. The molecule has 0 bridgehead atoms. The fourth-order valence-corrected chi connectivity index (χ4v) is 3.86. The number of imidazole rings is 1. The summed E-state index contributed by atoms with van der Waals surface area (Å²) in [4.78, 5) is 57.1. The summed E-state index contributed by atoms with van der Waals surface area (Å²) in [7, 11) is 1.61. The Morgan fingerprint density at radius 2 is 1.94 bits per heavy atom. The van der Waals surface area contributed by atoms with E-state index in [9.17, 15) is 19.2 Å². The van der Waals surface area contributed by atoms with Crippen LogP contribution in [0.25, 0.3) is 11.2 Å². The zero-order valence-corrected chi connectivity index (χ0v) is 20.0. The van der Waals surface area contributed by atoms with Crippen LogP contribution in [0.4, 0.5) is 0 Å². The van der Waals surface area contributed by atoms with E-state index in [1.165, 1.54) is 21.5 Å². The zero-order chi connectivity index (χ0) is 25.7. The first-order valence-electron chi connectivity index (χ1n) is 11.6. The number of aromatic nitrogens is 4. The average molecular weight is 494 g/mol. The zero-order valence-electron chi connectivity index (χ0n) is 20.0. The largest absolute Gasteiger partial charge is 0.459 e. The highest BCUT2D eigenvalue weighted by molar-refractivity contribution is 5.94. The van der Waals surface area contributed by atoms with Gasteiger partial charge in [-0.1, -0.05) is 43.7 Å². The molecule has 3 aromatic heterocycles. The Morgan fingerprint density at radius 3 is 2.64 bits per heavy atom. The van der Waals surface area contributed by atoms with Gasteiger partial charge in [-0.25, -0.2) is 14.6 Å². The van der Waals surface area contributed by atoms with Crippen molar-refractivity contribution in [1.82, 2.24) is 24.4 Å². The maximum atomic E-state index is 13.1. The number of carbonyl (C=O) groups is 2. The number of hydrogen-bond acceptors (Lipinski definition) is 7. The number of aryl methyl sites for hydroxylation is 2. The van der Waals surface area contributed by atoms with E-state index < -0.39 is 29.2 Å². The minimum Gasteiger partial charge on any atom is -0.459 e. The first-order chi connectivity index (χ1) is 17.4. The highest BCUT2D eigenvalue weighted by Gasteiger charge is 2.25. The van der Waals surface area contributed by atoms with Crippen molar-refractivity contribution in [3.63, 3.8) is 0 Å². The molecule has 0 fully saturated rings. The number of benzene rings is 1. The molecule has 11 nitrogen and oxygen atoms in total. The number of esters is 1. The van der Waals surface area contributed by atoms with E-state index >= 15 is 0 Å². The van der Waals surface area contributed by atoms with Crippen molar-refractivity contribution in [2.45, 2.75) is 45.4 Å². The Bertz CT molecular complexity index is 1470. The van der Waals surface area contributed by atoms with Crippen molar-refractivity contribution in [3.05, 3.63) is 86.7 Å². The quantitative estimate of drug-likeness (QED) is 0.321. The summed E-state index contributed by atoms with van der Waals surface area (Å²) in [5.41, 5.74) is 0.170. The Kier molecular flexibility index (Phi) is 7.47. The van der Waals surface area contributed by atoms with Gasteiger partial charge in [0.15, 0.2) is 16.9 Å². The molecule has 11 heteroatoms. The molecule has 2 N–H and O–H groups in total. The molecular formula is C25H27N5O6. The van der Waals surface area contributed by atoms with E-state index in [-0.39, 0.29) is 35.8 Å². The van der Waals surface area contributed by atoms with Crippen LogP contribution < -0.4 is 16.6 Å². The lowest BCUT2D eigenvalue weighted by Crippen LogP contribution is -2.43. The molecule has 3 heterocycles. The number of aromatic amines is 1. The van der Waals surface area contributed by atoms with Crippen molar-refractivity contribution in [1.29, 1.82) is 0 Å². The topological polar surface area (TPSA) is 141 Å². The lowest BCUT2D eigenvalue weighted by atomic mass is 10.1. The van der Waals surface area contributed by atoms with Gasteiger partial charge >= 0.3 is 11.7 Å². The normalized spacial score (nSPS) is 11.9. The van der Waals surface area contributed by atoms with Crippen LogP contribution in [0.5, 0.6) is 0 Å². The van der Waals surface area contributed by atoms with Gasteiger partial charge in [-0.15, -0.1) is 0 Å². The minimum absolute atomic E-state index is 0.0699. The third-order valence-electron chi connectivity index (χ3n) is 5.80. The number of hydrogen-bond donors (Lipinski definition) is 2. The van der Waals surface area contributed by atoms with Crippen LogP contribution in [-0.4, -0.2) is 37.0 Å². The molecule has 188 valence electrons. The van der Waals surface area contributed by atoms with Crippen LogP contribution in [0.15, 0.2) is 62.7 Å². The Hall–Kier alpha value is -4.41. The van der Waals surface area contributed by atoms with Crippen molar-refractivity contribution in [3.8, 4) is 0 Å². The second-order valence-corrected chi connectivity index (χ2v) is 8.32. The Labute approximate surface area is 205 Å². The highest BCUT2D eigenvalue weighted by Crippen LogP contribution is 2.13. The third-order valence-corrected chi connectivity index (χ3v) is 5.80. The number of amides is 1. The van der Waals surface area contributed by atoms with Crippen LogP contribution in [0, 0.1) is 0 Å². The van der Waals surface area contributed by atoms with Gasteiger partial charge in [-0.05, 0) is 24.1 Å². The van der Waals surface area contributed by atoms with Crippen molar-refractivity contribution in [2.75, 3.05) is 0 Å². The molecule has 0 radical (unpaired) electrons. The van der Waals surface area contributed by atoms with Crippen LogP contribution >= 0.6 is 0 Å². The van der Waals surface area contributed by atoms with E-state index in [0.717, 1.165) is 18.4 Å². The Morgan fingerprint density at radius 1 is 1.17 bits per heavy atom. The lowest BCUT2D eigenvalue weighted by Gasteiger charge is -2.17. The number of rotatable bonds is 10. The van der Waals surface area contributed by atoms with Crippen LogP contribution in [0.2, 0.25) is 0 Å². The van der Waals surface area contributed by atoms with Gasteiger partial charge in [-0.3, -0.25) is 19.1 Å². The maximum absolute atomic E-state index is 13.1. The number of carbonyl (C=O) groups excluding carboxylic acids is 2. The average Bonchev–Trinajstić information content (AvgIpc) is 3.51. The van der Waals surface area contributed by atoms with Gasteiger partial charge in [-0.2, -0.15) is 0 Å². The summed E-state index contributed by atoms with van der Waals surface area (Å²) in [5, 5.41) is 2.66. The number of furan rings is 1. The molecule has 36 heavy (non-hydrogen) atoms. The van der Waals surface area contributed by atoms with Gasteiger partial charge in [0.05, 0.1) is 6.26 Å². The van der Waals surface area contributed by atoms with Crippen LogP contribution in [0.3, 0.4) is 0 Å². The molecule has 1 aromatic carbocycles. The minimum atomic E-state index is -0.995. The predicted molar refractivity (Wildman–Crippen MR) is 130 cm³/mol. The molecule has 4 aromatic rings. The van der Waals surface area contributed by atoms with Gasteiger partial charge in [0, 0.05) is 20.0 Å². The smallest absolute Gasteiger partial charge is 0.330 e. The van der Waals surface area contributed by atoms with Crippen molar-refractivity contribution >= 4 is 23.0 Å². The SMILES string of the molecule is CCCCn1c(=O)[nH]c(=O)c2c1nc(COC(=O)[C@H](Cc1ccccc1)NC(=O)c1ccco1)n2C. The van der Waals surface area contributed by atoms with E-state index in [1.54, 1.807) is 13.1 Å². The summed E-state index contributed by atoms with van der Waals surface area (Å²) in [5.74, 6) is -0.869. The molecule has 0 saturated heterocycles. The highest BCUT2D eigenvalue weighted by atomic mass is 16.5. The fraction of sp³-hybridized carbons (Fsp3) is 0.320. The van der Waals surface area contributed by atoms with E-state index in [2.05, 4.69) is 15.3 Å². The molecule has 0 saturated carbocycles. The molecule has 1 amide bonds. The molecule has 4 rings (SSSR count). The second kappa shape index (κ2) is 10.9. The van der Waals surface area contributed by atoms with Gasteiger partial charge in [0.1, 0.15) is 18.5 Å². The number of H-pyrrole nitrogens is 1. The summed E-state index contributed by atoms with van der Waals surface area (Å²) in [6, 6.07) is 11.3. The van der Waals surface area contributed by atoms with E-state index in [1.807, 2.05) is 37.3 Å². The Balaban J connectivity index is 1.56. The lowest BCUT2D eigenvalue weighted by molar-refractivity contribution is -0.147. The number of fused-ring (bicyclic) bond motifs is 1. The van der Waals surface area contributed by atoms with E-state index in [4.69, 9.17) is 9.15 Å². The first-order valence-corrected chi connectivity index (χ1v) is 11.6. The fourth-order valence-electron chi connectivity index (χ4n) is 3.86. The summed E-state index contributed by atoms with van der Waals surface area (Å²) >= 11 is 0. The molecular weight excluding hydrogens is 466 g/mol. The number of nitrogens with zero attached hydrogens (tertiary/aromatic N) is 3.